The third-order valence-electron chi connectivity index (χ3n) is 2.92. The van der Waals surface area contributed by atoms with E-state index < -0.39 is 0 Å². The molecule has 2 aromatic rings. The van der Waals surface area contributed by atoms with Gasteiger partial charge in [0.2, 0.25) is 0 Å². The van der Waals surface area contributed by atoms with E-state index >= 15 is 0 Å². The first-order chi connectivity index (χ1) is 6.77. The van der Waals surface area contributed by atoms with Gasteiger partial charge in [0.05, 0.1) is 17.6 Å². The van der Waals surface area contributed by atoms with Gasteiger partial charge in [0, 0.05) is 18.3 Å². The molecular weight excluding hydrogens is 176 g/mol. The highest BCUT2D eigenvalue weighted by molar-refractivity contribution is 5.70. The zero-order valence-corrected chi connectivity index (χ0v) is 8.33. The Kier molecular flexibility index (Phi) is 1.37. The molecule has 0 bridgehead atoms. The molecule has 0 saturated heterocycles. The maximum Gasteiger partial charge on any atom is 0.0748 e. The molecule has 0 aromatic carbocycles. The van der Waals surface area contributed by atoms with E-state index in [1.54, 1.807) is 0 Å². The number of rotatable bonds is 0. The largest absolute Gasteiger partial charge is 0.282 e. The van der Waals surface area contributed by atoms with Crippen LogP contribution in [0.2, 0.25) is 0 Å². The molecule has 0 saturated carbocycles. The fraction of sp³-hybridized carbons (Fsp3) is 0.400. The molecule has 0 fully saturated rings. The number of aromatic nitrogens is 4. The Morgan fingerprint density at radius 1 is 1.43 bits per heavy atom. The zero-order chi connectivity index (χ0) is 9.71. The molecule has 0 unspecified atom stereocenters. The molecule has 0 atom stereocenters. The van der Waals surface area contributed by atoms with Crippen molar-refractivity contribution < 1.29 is 0 Å². The summed E-state index contributed by atoms with van der Waals surface area (Å²) in [5, 5.41) is 11.6. The van der Waals surface area contributed by atoms with Gasteiger partial charge in [0.25, 0.3) is 0 Å². The number of nitrogens with one attached hydrogen (secondary N) is 1. The molecular formula is C10H12N4. The Morgan fingerprint density at radius 2 is 2.29 bits per heavy atom. The van der Waals surface area contributed by atoms with Gasteiger partial charge >= 0.3 is 0 Å². The molecule has 0 spiro atoms. The predicted octanol–water partition coefficient (Wildman–Crippen LogP) is 1.22. The molecule has 0 amide bonds. The number of aromatic amines is 1. The summed E-state index contributed by atoms with van der Waals surface area (Å²) in [5.41, 5.74) is 6.15. The third-order valence-corrected chi connectivity index (χ3v) is 2.92. The van der Waals surface area contributed by atoms with E-state index in [-0.39, 0.29) is 0 Å². The first kappa shape index (κ1) is 7.79. The Morgan fingerprint density at radius 3 is 3.14 bits per heavy atom. The van der Waals surface area contributed by atoms with E-state index in [1.165, 1.54) is 22.5 Å². The number of aryl methyl sites for hydroxylation is 4. The first-order valence-corrected chi connectivity index (χ1v) is 4.82. The summed E-state index contributed by atoms with van der Waals surface area (Å²) in [4.78, 5) is 0. The van der Waals surface area contributed by atoms with Crippen molar-refractivity contribution in [3.63, 3.8) is 0 Å². The van der Waals surface area contributed by atoms with Crippen molar-refractivity contribution in [3.05, 3.63) is 23.1 Å². The predicted molar refractivity (Wildman–Crippen MR) is 52.9 cm³/mol. The van der Waals surface area contributed by atoms with Gasteiger partial charge < -0.3 is 0 Å². The minimum absolute atomic E-state index is 1.05. The van der Waals surface area contributed by atoms with Crippen LogP contribution in [-0.2, 0) is 19.9 Å². The molecule has 14 heavy (non-hydrogen) atoms. The van der Waals surface area contributed by atoms with E-state index in [0.29, 0.717) is 0 Å². The average Bonchev–Trinajstić information content (AvgIpc) is 2.72. The number of hydrogen-bond acceptors (Lipinski definition) is 2. The lowest BCUT2D eigenvalue weighted by molar-refractivity contribution is 0.770. The summed E-state index contributed by atoms with van der Waals surface area (Å²) in [6.45, 7) is 2.04. The lowest BCUT2D eigenvalue weighted by Gasteiger charge is -2.12. The van der Waals surface area contributed by atoms with Crippen molar-refractivity contribution in [1.29, 1.82) is 0 Å². The van der Waals surface area contributed by atoms with Crippen molar-refractivity contribution in [3.8, 4) is 11.3 Å². The van der Waals surface area contributed by atoms with Gasteiger partial charge in [0.15, 0.2) is 0 Å². The molecule has 4 heteroatoms. The fourth-order valence-corrected chi connectivity index (χ4v) is 2.22. The zero-order valence-electron chi connectivity index (χ0n) is 8.33. The normalized spacial score (nSPS) is 13.9. The molecule has 72 valence electrons. The minimum atomic E-state index is 1.05. The van der Waals surface area contributed by atoms with E-state index in [4.69, 9.17) is 0 Å². The SMILES string of the molecule is Cc1n[nH]c2c1-c1c(cnn1C)CC2. The van der Waals surface area contributed by atoms with Gasteiger partial charge in [-0.1, -0.05) is 0 Å². The second kappa shape index (κ2) is 2.47. The van der Waals surface area contributed by atoms with E-state index in [0.717, 1.165) is 18.5 Å². The van der Waals surface area contributed by atoms with Gasteiger partial charge in [0.1, 0.15) is 0 Å². The van der Waals surface area contributed by atoms with Crippen LogP contribution >= 0.6 is 0 Å². The van der Waals surface area contributed by atoms with Crippen molar-refractivity contribution in [2.45, 2.75) is 19.8 Å². The molecule has 2 heterocycles. The Balaban J connectivity index is 2.36. The van der Waals surface area contributed by atoms with Crippen LogP contribution in [0.5, 0.6) is 0 Å². The smallest absolute Gasteiger partial charge is 0.0748 e. The molecule has 0 aliphatic heterocycles. The summed E-state index contributed by atoms with van der Waals surface area (Å²) in [5.74, 6) is 0. The Bertz CT molecular complexity index is 446. The Hall–Kier alpha value is -1.58. The second-order valence-electron chi connectivity index (χ2n) is 3.80. The summed E-state index contributed by atoms with van der Waals surface area (Å²) < 4.78 is 1.94. The molecule has 1 aliphatic carbocycles. The van der Waals surface area contributed by atoms with E-state index in [1.807, 2.05) is 24.9 Å². The molecule has 2 aromatic heterocycles. The Labute approximate surface area is 81.9 Å². The van der Waals surface area contributed by atoms with Crippen LogP contribution in [0.4, 0.5) is 0 Å². The highest BCUT2D eigenvalue weighted by atomic mass is 15.3. The van der Waals surface area contributed by atoms with Crippen molar-refractivity contribution in [2.24, 2.45) is 7.05 Å². The first-order valence-electron chi connectivity index (χ1n) is 4.82. The van der Waals surface area contributed by atoms with Gasteiger partial charge in [-0.25, -0.2) is 0 Å². The number of fused-ring (bicyclic) bond motifs is 3. The van der Waals surface area contributed by atoms with Gasteiger partial charge in [-0.05, 0) is 25.3 Å². The van der Waals surface area contributed by atoms with Crippen LogP contribution < -0.4 is 0 Å². The van der Waals surface area contributed by atoms with Crippen LogP contribution in [0.3, 0.4) is 0 Å². The van der Waals surface area contributed by atoms with Crippen molar-refractivity contribution in [1.82, 2.24) is 20.0 Å². The summed E-state index contributed by atoms with van der Waals surface area (Å²) >= 11 is 0. The van der Waals surface area contributed by atoms with Crippen LogP contribution in [0.15, 0.2) is 6.20 Å². The topological polar surface area (TPSA) is 46.5 Å². The van der Waals surface area contributed by atoms with Gasteiger partial charge in [-0.2, -0.15) is 10.2 Å². The second-order valence-corrected chi connectivity index (χ2v) is 3.80. The number of hydrogen-bond donors (Lipinski definition) is 1. The van der Waals surface area contributed by atoms with Gasteiger partial charge in [-0.3, -0.25) is 9.78 Å². The molecule has 1 aliphatic rings. The summed E-state index contributed by atoms with van der Waals surface area (Å²) in [6, 6.07) is 0. The maximum absolute atomic E-state index is 4.29. The average molecular weight is 188 g/mol. The quantitative estimate of drug-likeness (QED) is 0.675. The van der Waals surface area contributed by atoms with Gasteiger partial charge in [-0.15, -0.1) is 0 Å². The highest BCUT2D eigenvalue weighted by Gasteiger charge is 2.23. The van der Waals surface area contributed by atoms with Crippen LogP contribution in [0, 0.1) is 6.92 Å². The minimum Gasteiger partial charge on any atom is -0.282 e. The van der Waals surface area contributed by atoms with E-state index in [9.17, 15) is 0 Å². The van der Waals surface area contributed by atoms with Crippen molar-refractivity contribution >= 4 is 0 Å². The van der Waals surface area contributed by atoms with Crippen LogP contribution in [-0.4, -0.2) is 20.0 Å². The molecule has 3 rings (SSSR count). The number of H-pyrrole nitrogens is 1. The molecule has 0 radical (unpaired) electrons. The lowest BCUT2D eigenvalue weighted by Crippen LogP contribution is -2.05. The summed E-state index contributed by atoms with van der Waals surface area (Å²) in [6.07, 6.45) is 4.08. The van der Waals surface area contributed by atoms with Crippen LogP contribution in [0.1, 0.15) is 17.0 Å². The van der Waals surface area contributed by atoms with Crippen LogP contribution in [0.25, 0.3) is 11.3 Å². The standard InChI is InChI=1S/C10H12N4/c1-6-9-8(13-12-6)4-3-7-5-11-14(2)10(7)9/h5H,3-4H2,1-2H3,(H,12,13). The molecule has 4 nitrogen and oxygen atoms in total. The summed E-state index contributed by atoms with van der Waals surface area (Å²) in [7, 11) is 1.99. The highest BCUT2D eigenvalue weighted by Crippen LogP contribution is 2.33. The molecule has 1 N–H and O–H groups in total. The monoisotopic (exact) mass is 188 g/mol. The number of nitrogens with zero attached hydrogens (tertiary/aromatic N) is 3. The fourth-order valence-electron chi connectivity index (χ4n) is 2.22. The lowest BCUT2D eigenvalue weighted by atomic mass is 9.94. The third kappa shape index (κ3) is 0.828. The maximum atomic E-state index is 4.29. The van der Waals surface area contributed by atoms with E-state index in [2.05, 4.69) is 15.3 Å². The van der Waals surface area contributed by atoms with Crippen molar-refractivity contribution in [2.75, 3.05) is 0 Å².